The van der Waals surface area contributed by atoms with Crippen molar-refractivity contribution in [1.82, 2.24) is 0 Å². The molecule has 9 heteroatoms. The van der Waals surface area contributed by atoms with Gasteiger partial charge in [-0.3, -0.25) is 4.79 Å². The fraction of sp³-hybridized carbons (Fsp3) is 0.667. The Labute approximate surface area is 120 Å². The molecule has 0 aliphatic rings. The molecule has 5 nitrogen and oxygen atoms in total. The fourth-order valence-electron chi connectivity index (χ4n) is 1.54. The molecule has 0 aliphatic heterocycles. The zero-order chi connectivity index (χ0) is 14.6. The first kappa shape index (κ1) is 20.3. The predicted molar refractivity (Wildman–Crippen MR) is 85.6 cm³/mol. The van der Waals surface area contributed by atoms with Crippen molar-refractivity contribution in [2.75, 3.05) is 6.61 Å². The lowest BCUT2D eigenvalue weighted by Crippen LogP contribution is -2.41. The van der Waals surface area contributed by atoms with E-state index in [9.17, 15) is 4.79 Å². The molecule has 0 spiro atoms. The van der Waals surface area contributed by atoms with Gasteiger partial charge >= 0.3 is 14.5 Å². The van der Waals surface area contributed by atoms with Gasteiger partial charge in [0.15, 0.2) is 0 Å². The van der Waals surface area contributed by atoms with Crippen molar-refractivity contribution in [2.45, 2.75) is 32.4 Å². The van der Waals surface area contributed by atoms with Gasteiger partial charge in [-0.2, -0.15) is 0 Å². The summed E-state index contributed by atoms with van der Waals surface area (Å²) in [6.45, 7) is 7.78. The van der Waals surface area contributed by atoms with Crippen molar-refractivity contribution in [3.63, 3.8) is 0 Å². The molecule has 0 unspecified atom stereocenters. The van der Waals surface area contributed by atoms with Gasteiger partial charge in [0.2, 0.25) is 0 Å². The molecule has 0 saturated heterocycles. The number of hydrogen-bond acceptors (Lipinski definition) is 5. The van der Waals surface area contributed by atoms with Crippen LogP contribution in [0, 0.1) is 0 Å². The summed E-state index contributed by atoms with van der Waals surface area (Å²) in [5.41, 5.74) is 1.10. The van der Waals surface area contributed by atoms with Crippen molar-refractivity contribution < 1.29 is 22.6 Å². The molecule has 18 heavy (non-hydrogen) atoms. The van der Waals surface area contributed by atoms with E-state index in [2.05, 4.69) is 6.58 Å². The number of carbonyl (C=O) groups is 1. The average Bonchev–Trinajstić information content (AvgIpc) is 2.35. The van der Waals surface area contributed by atoms with E-state index in [1.54, 1.807) is 0 Å². The highest BCUT2D eigenvalue weighted by atomic mass is 28.4. The van der Waals surface area contributed by atoms with Gasteiger partial charge in [0.1, 0.15) is 31.5 Å². The average molecular weight is 327 g/mol. The minimum Gasteiger partial charge on any atom is -0.466 e. The van der Waals surface area contributed by atoms with Crippen LogP contribution in [0.5, 0.6) is 0 Å². The second-order valence-electron chi connectivity index (χ2n) is 3.90. The summed E-state index contributed by atoms with van der Waals surface area (Å²) in [6, 6.07) is 1.72. The quantitative estimate of drug-likeness (QED) is 0.238. The Morgan fingerprint density at radius 3 is 2.11 bits per heavy atom. The molecule has 0 aromatic rings. The topological polar surface area (TPSA) is 65.0 Å². The van der Waals surface area contributed by atoms with E-state index in [0.29, 0.717) is 38.1 Å². The van der Waals surface area contributed by atoms with Crippen LogP contribution in [0.2, 0.25) is 12.1 Å². The van der Waals surface area contributed by atoms with Crippen LogP contribution >= 0.6 is 0 Å². The molecule has 0 aromatic heterocycles. The molecule has 1 N–H and O–H groups in total. The molecule has 0 fully saturated rings. The molecule has 0 radical (unpaired) electrons. The molecular formula is C9H26O5Si4. The zero-order valence-corrected chi connectivity index (χ0v) is 19.1. The lowest BCUT2D eigenvalue weighted by Gasteiger charge is -2.28. The van der Waals surface area contributed by atoms with Gasteiger partial charge in [0.25, 0.3) is 0 Å². The van der Waals surface area contributed by atoms with Crippen LogP contribution in [-0.2, 0) is 17.8 Å². The van der Waals surface area contributed by atoms with E-state index in [4.69, 9.17) is 17.8 Å². The smallest absolute Gasteiger partial charge is 0.320 e. The van der Waals surface area contributed by atoms with E-state index in [0.717, 1.165) is 24.1 Å². The third-order valence-electron chi connectivity index (χ3n) is 2.32. The maximum atomic E-state index is 10.6. The van der Waals surface area contributed by atoms with Crippen LogP contribution in [0.4, 0.5) is 0 Å². The van der Waals surface area contributed by atoms with Crippen molar-refractivity contribution in [2.24, 2.45) is 0 Å². The monoisotopic (exact) mass is 326 g/mol. The Morgan fingerprint density at radius 1 is 1.28 bits per heavy atom. The third kappa shape index (κ3) is 9.93. The largest absolute Gasteiger partial charge is 0.466 e. The predicted octanol–water partition coefficient (Wildman–Crippen LogP) is -2.19. The molecule has 0 amide bonds. The molecule has 0 heterocycles. The summed E-state index contributed by atoms with van der Waals surface area (Å²) in [7, 11) is -0.368. The van der Waals surface area contributed by atoms with Gasteiger partial charge in [0.05, 0.1) is 6.61 Å². The Morgan fingerprint density at radius 2 is 1.78 bits per heavy atom. The maximum absolute atomic E-state index is 10.6. The Bertz CT molecular complexity index is 245. The first-order valence-corrected chi connectivity index (χ1v) is 10.5. The van der Waals surface area contributed by atoms with E-state index in [1.807, 2.05) is 6.92 Å². The minimum absolute atomic E-state index is 0.231. The number of hydrogen-bond donors (Lipinski definition) is 1. The fourth-order valence-corrected chi connectivity index (χ4v) is 8.27. The lowest BCUT2D eigenvalue weighted by atomic mass is 10.4. The summed E-state index contributed by atoms with van der Waals surface area (Å²) in [6.07, 6.45) is 0.809. The second kappa shape index (κ2) is 12.0. The number of rotatable bonds is 8. The standard InChI is InChI=1S/C9H22O4Si3.H4OSi/c1-8(2)7-16(12-14,13-15)6-4-5-11-9(3)10;1-2/h1,4-7H2,2-3,14-15H3;1H,2H3. The highest BCUT2D eigenvalue weighted by Crippen LogP contribution is 2.22. The number of esters is 1. The van der Waals surface area contributed by atoms with E-state index in [-0.39, 0.29) is 5.97 Å². The van der Waals surface area contributed by atoms with E-state index in [1.165, 1.54) is 6.92 Å². The number of allylic oxidation sites excluding steroid dienone is 1. The molecule has 108 valence electrons. The van der Waals surface area contributed by atoms with Gasteiger partial charge in [0, 0.05) is 13.0 Å². The van der Waals surface area contributed by atoms with Crippen molar-refractivity contribution in [3.05, 3.63) is 12.2 Å². The summed E-state index contributed by atoms with van der Waals surface area (Å²) >= 11 is 0. The van der Waals surface area contributed by atoms with Gasteiger partial charge in [-0.1, -0.05) is 5.57 Å². The molecule has 0 rings (SSSR count). The van der Waals surface area contributed by atoms with Crippen LogP contribution in [0.3, 0.4) is 0 Å². The molecule has 0 atom stereocenters. The summed E-state index contributed by atoms with van der Waals surface area (Å²) in [5.74, 6) is -0.231. The molecule has 0 aromatic carbocycles. The first-order valence-electron chi connectivity index (χ1n) is 5.78. The zero-order valence-electron chi connectivity index (χ0n) is 12.1. The second-order valence-corrected chi connectivity index (χ2v) is 9.84. The molecule has 0 saturated carbocycles. The summed E-state index contributed by atoms with van der Waals surface area (Å²) in [5, 5.41) is 0. The normalized spacial score (nSPS) is 13.5. The van der Waals surface area contributed by atoms with Crippen molar-refractivity contribution in [1.29, 1.82) is 0 Å². The highest BCUT2D eigenvalue weighted by molar-refractivity contribution is 6.73. The van der Waals surface area contributed by atoms with Gasteiger partial charge in [-0.25, -0.2) is 0 Å². The first-order chi connectivity index (χ1) is 8.45. The number of ether oxygens (including phenoxy) is 1. The highest BCUT2D eigenvalue weighted by Gasteiger charge is 2.33. The maximum Gasteiger partial charge on any atom is 0.320 e. The minimum atomic E-state index is -2.05. The summed E-state index contributed by atoms with van der Waals surface area (Å²) < 4.78 is 16.3. The van der Waals surface area contributed by atoms with Gasteiger partial charge in [-0.05, 0) is 19.4 Å². The molecule has 0 bridgehead atoms. The van der Waals surface area contributed by atoms with Crippen molar-refractivity contribution >= 4 is 46.0 Å². The third-order valence-corrected chi connectivity index (χ3v) is 10.5. The Balaban J connectivity index is 0. The van der Waals surface area contributed by atoms with Gasteiger partial charge in [-0.15, -0.1) is 6.58 Å². The van der Waals surface area contributed by atoms with Crippen LogP contribution in [0.15, 0.2) is 12.2 Å². The SMILES string of the molecule is C=C(C)C[Si](CCCOC(C)=O)(O[SiH3])O[SiH3].O[SiH3]. The summed E-state index contributed by atoms with van der Waals surface area (Å²) in [4.78, 5) is 17.8. The molecular weight excluding hydrogens is 300 g/mol. The van der Waals surface area contributed by atoms with Crippen LogP contribution < -0.4 is 0 Å². The van der Waals surface area contributed by atoms with Crippen molar-refractivity contribution in [3.8, 4) is 0 Å². The van der Waals surface area contributed by atoms with Crippen LogP contribution in [0.1, 0.15) is 20.3 Å². The van der Waals surface area contributed by atoms with Crippen LogP contribution in [0.25, 0.3) is 0 Å². The Hall–Kier alpha value is -0.0425. The molecule has 0 aliphatic carbocycles. The van der Waals surface area contributed by atoms with Crippen LogP contribution in [-0.4, -0.2) is 57.4 Å². The lowest BCUT2D eigenvalue weighted by molar-refractivity contribution is -0.140. The number of carbonyl (C=O) groups excluding carboxylic acids is 1. The van der Waals surface area contributed by atoms with E-state index >= 15 is 0 Å². The van der Waals surface area contributed by atoms with Gasteiger partial charge < -0.3 is 17.8 Å². The Kier molecular flexibility index (Phi) is 13.5. The van der Waals surface area contributed by atoms with E-state index < -0.39 is 8.56 Å².